The van der Waals surface area contributed by atoms with Gasteiger partial charge in [-0.05, 0) is 0 Å². The second-order valence-electron chi connectivity index (χ2n) is 3.15. The van der Waals surface area contributed by atoms with Crippen molar-refractivity contribution in [1.29, 1.82) is 0 Å². The molecule has 0 unspecified atom stereocenters. The van der Waals surface area contributed by atoms with E-state index >= 15 is 0 Å². The van der Waals surface area contributed by atoms with Crippen LogP contribution in [0.5, 0.6) is 0 Å². The van der Waals surface area contributed by atoms with Gasteiger partial charge in [0.2, 0.25) is 0 Å². The van der Waals surface area contributed by atoms with Crippen molar-refractivity contribution in [3.05, 3.63) is 12.7 Å². The van der Waals surface area contributed by atoms with Crippen molar-refractivity contribution in [1.82, 2.24) is 0 Å². The number of rotatable bonds is 6. The normalized spacial score (nSPS) is 14.1. The van der Waals surface area contributed by atoms with Crippen LogP contribution < -0.4 is 0 Å². The molecule has 0 aliphatic heterocycles. The number of carbonyl (C=O) groups excluding carboxylic acids is 1. The Morgan fingerprint density at radius 2 is 1.40 bits per heavy atom. The highest BCUT2D eigenvalue weighted by molar-refractivity contribution is 5.81. The Kier molecular flexibility index (Phi) is 5.10. The average molecular weight is 320 g/mol. The van der Waals surface area contributed by atoms with Gasteiger partial charge in [0, 0.05) is 6.08 Å². The van der Waals surface area contributed by atoms with Gasteiger partial charge in [-0.2, -0.15) is 39.5 Å². The van der Waals surface area contributed by atoms with Gasteiger partial charge in [0.05, 0.1) is 0 Å². The molecule has 0 N–H and O–H groups in total. The lowest BCUT2D eigenvalue weighted by Gasteiger charge is -2.27. The molecular formula is C8H5F9O3. The van der Waals surface area contributed by atoms with Crippen LogP contribution in [0.1, 0.15) is 0 Å². The largest absolute Gasteiger partial charge is 0.482 e. The van der Waals surface area contributed by atoms with Crippen LogP contribution in [0.25, 0.3) is 0 Å². The van der Waals surface area contributed by atoms with Crippen molar-refractivity contribution in [2.75, 3.05) is 6.61 Å². The molecule has 0 saturated heterocycles. The highest BCUT2D eigenvalue weighted by Crippen LogP contribution is 2.41. The third-order valence-corrected chi connectivity index (χ3v) is 1.59. The van der Waals surface area contributed by atoms with Crippen LogP contribution in [0.2, 0.25) is 0 Å². The number of esters is 1. The van der Waals surface area contributed by atoms with E-state index in [0.717, 1.165) is 0 Å². The molecule has 0 spiro atoms. The molecule has 118 valence electrons. The molecule has 0 atom stereocenters. The maximum absolute atomic E-state index is 12.7. The van der Waals surface area contributed by atoms with E-state index in [4.69, 9.17) is 0 Å². The van der Waals surface area contributed by atoms with Crippen LogP contribution in [0, 0.1) is 0 Å². The van der Waals surface area contributed by atoms with Gasteiger partial charge < -0.3 is 9.47 Å². The summed E-state index contributed by atoms with van der Waals surface area (Å²) < 4.78 is 115. The molecule has 0 aliphatic carbocycles. The Bertz CT molecular complexity index is 374. The van der Waals surface area contributed by atoms with Crippen molar-refractivity contribution in [2.24, 2.45) is 0 Å². The molecule has 0 saturated carbocycles. The van der Waals surface area contributed by atoms with E-state index in [-0.39, 0.29) is 6.08 Å². The number of hydrogen-bond donors (Lipinski definition) is 0. The Hall–Kier alpha value is -1.46. The van der Waals surface area contributed by atoms with E-state index < -0.39 is 36.9 Å². The zero-order chi connectivity index (χ0) is 16.4. The molecule has 0 amide bonds. The van der Waals surface area contributed by atoms with E-state index in [2.05, 4.69) is 16.1 Å². The van der Waals surface area contributed by atoms with E-state index in [0.29, 0.717) is 0 Å². The minimum absolute atomic E-state index is 0.0508. The Labute approximate surface area is 104 Å². The second-order valence-corrected chi connectivity index (χ2v) is 3.15. The number of carbonyl (C=O) groups is 1. The predicted octanol–water partition coefficient (Wildman–Crippen LogP) is 3.12. The third-order valence-electron chi connectivity index (χ3n) is 1.59. The Morgan fingerprint density at radius 3 is 1.75 bits per heavy atom. The Balaban J connectivity index is 4.91. The van der Waals surface area contributed by atoms with Crippen molar-refractivity contribution in [2.45, 2.75) is 24.3 Å². The summed E-state index contributed by atoms with van der Waals surface area (Å²) in [5.41, 5.74) is 0. The summed E-state index contributed by atoms with van der Waals surface area (Å²) in [7, 11) is 0. The van der Waals surface area contributed by atoms with Crippen LogP contribution in [0.4, 0.5) is 39.5 Å². The molecule has 12 heteroatoms. The van der Waals surface area contributed by atoms with Crippen LogP contribution in [-0.2, 0) is 14.3 Å². The molecule has 0 fully saturated rings. The molecule has 0 aromatic heterocycles. The fourth-order valence-corrected chi connectivity index (χ4v) is 0.590. The van der Waals surface area contributed by atoms with Gasteiger partial charge in [-0.1, -0.05) is 6.58 Å². The van der Waals surface area contributed by atoms with Crippen molar-refractivity contribution < 1.29 is 53.8 Å². The van der Waals surface area contributed by atoms with Gasteiger partial charge in [0.1, 0.15) is 6.61 Å². The summed E-state index contributed by atoms with van der Waals surface area (Å²) in [5.74, 6) is -7.67. The van der Waals surface area contributed by atoms with Crippen molar-refractivity contribution >= 4 is 5.97 Å². The summed E-state index contributed by atoms with van der Waals surface area (Å²) in [6.07, 6.45) is -18.1. The van der Waals surface area contributed by atoms with Gasteiger partial charge >= 0.3 is 30.3 Å². The zero-order valence-electron chi connectivity index (χ0n) is 9.12. The molecule has 0 bridgehead atoms. The van der Waals surface area contributed by atoms with Gasteiger partial charge in [-0.15, -0.1) is 0 Å². The fraction of sp³-hybridized carbons (Fsp3) is 0.625. The fourth-order valence-electron chi connectivity index (χ4n) is 0.590. The third kappa shape index (κ3) is 4.28. The molecule has 20 heavy (non-hydrogen) atoms. The molecule has 0 radical (unpaired) electrons. The monoisotopic (exact) mass is 320 g/mol. The number of alkyl halides is 9. The quantitative estimate of drug-likeness (QED) is 0.428. The molecule has 0 aliphatic rings. The first kappa shape index (κ1) is 18.5. The summed E-state index contributed by atoms with van der Waals surface area (Å²) in [6.45, 7) is -0.453. The summed E-state index contributed by atoms with van der Waals surface area (Å²) in [4.78, 5) is 10.3. The average Bonchev–Trinajstić information content (AvgIpc) is 2.24. The molecule has 3 nitrogen and oxygen atoms in total. The molecule has 0 aromatic carbocycles. The zero-order valence-corrected chi connectivity index (χ0v) is 9.12. The maximum atomic E-state index is 12.7. The standard InChI is InChI=1S/C8H5F9O3/c1-2-4(18)20-7(14,15)5(9,10)3-19-8(16,17)6(11,12)13/h2H,1,3H2. The lowest BCUT2D eigenvalue weighted by molar-refractivity contribution is -0.416. The number of hydrogen-bond acceptors (Lipinski definition) is 3. The van der Waals surface area contributed by atoms with Gasteiger partial charge in [0.25, 0.3) is 0 Å². The minimum atomic E-state index is -6.38. The van der Waals surface area contributed by atoms with Gasteiger partial charge in [-0.3, -0.25) is 0 Å². The highest BCUT2D eigenvalue weighted by Gasteiger charge is 2.65. The van der Waals surface area contributed by atoms with Crippen molar-refractivity contribution in [3.63, 3.8) is 0 Å². The topological polar surface area (TPSA) is 35.5 Å². The highest BCUT2D eigenvalue weighted by atomic mass is 19.4. The summed E-state index contributed by atoms with van der Waals surface area (Å²) in [5, 5.41) is 0. The maximum Gasteiger partial charge on any atom is 0.482 e. The molecule has 0 heterocycles. The summed E-state index contributed by atoms with van der Waals surface area (Å²) >= 11 is 0. The second kappa shape index (κ2) is 5.50. The molecule has 0 rings (SSSR count). The smallest absolute Gasteiger partial charge is 0.393 e. The lowest BCUT2D eigenvalue weighted by atomic mass is 10.3. The van der Waals surface area contributed by atoms with Crippen LogP contribution >= 0.6 is 0 Å². The Morgan fingerprint density at radius 1 is 0.950 bits per heavy atom. The van der Waals surface area contributed by atoms with Crippen LogP contribution in [0.3, 0.4) is 0 Å². The SMILES string of the molecule is C=CC(=O)OC(F)(F)C(F)(F)COC(F)(F)C(F)(F)F. The van der Waals surface area contributed by atoms with E-state index in [9.17, 15) is 44.3 Å². The molecule has 0 aromatic rings. The van der Waals surface area contributed by atoms with Crippen LogP contribution in [-0.4, -0.2) is 36.9 Å². The van der Waals surface area contributed by atoms with Crippen LogP contribution in [0.15, 0.2) is 12.7 Å². The van der Waals surface area contributed by atoms with Gasteiger partial charge in [-0.25, -0.2) is 4.79 Å². The minimum Gasteiger partial charge on any atom is -0.393 e. The van der Waals surface area contributed by atoms with Gasteiger partial charge in [0.15, 0.2) is 0 Å². The molecular weight excluding hydrogens is 315 g/mol. The lowest BCUT2D eigenvalue weighted by Crippen LogP contribution is -2.50. The van der Waals surface area contributed by atoms with Crippen molar-refractivity contribution in [3.8, 4) is 0 Å². The first-order valence-electron chi connectivity index (χ1n) is 4.36. The first-order chi connectivity index (χ1) is 8.66. The van der Waals surface area contributed by atoms with E-state index in [1.807, 2.05) is 0 Å². The predicted molar refractivity (Wildman–Crippen MR) is 43.1 cm³/mol. The number of halogens is 9. The number of ether oxygens (including phenoxy) is 2. The first-order valence-corrected chi connectivity index (χ1v) is 4.36. The van der Waals surface area contributed by atoms with E-state index in [1.165, 1.54) is 0 Å². The summed E-state index contributed by atoms with van der Waals surface area (Å²) in [6, 6.07) is 0. The van der Waals surface area contributed by atoms with E-state index in [1.54, 1.807) is 0 Å².